The molecule has 0 fully saturated rings. The third-order valence-corrected chi connectivity index (χ3v) is 9.98. The molecule has 0 aliphatic heterocycles. The zero-order valence-electron chi connectivity index (χ0n) is 36.8. The van der Waals surface area contributed by atoms with Crippen LogP contribution in [0.5, 0.6) is 0 Å². The number of esters is 2. The van der Waals surface area contributed by atoms with Crippen LogP contribution in [0.25, 0.3) is 0 Å². The maximum absolute atomic E-state index is 12.7. The lowest BCUT2D eigenvalue weighted by Gasteiger charge is -2.34. The van der Waals surface area contributed by atoms with Gasteiger partial charge in [-0.2, -0.15) is 0 Å². The van der Waals surface area contributed by atoms with Gasteiger partial charge in [-0.05, 0) is 64.2 Å². The van der Waals surface area contributed by atoms with Gasteiger partial charge in [0.1, 0.15) is 12.6 Å². The summed E-state index contributed by atoms with van der Waals surface area (Å²) < 4.78 is 17.2. The number of carboxylic acids is 1. The quantitative estimate of drug-likeness (QED) is 0.0200. The Kier molecular flexibility index (Phi) is 37.2. The molecule has 0 aliphatic carbocycles. The number of allylic oxidation sites excluding steroid dienone is 8. The van der Waals surface area contributed by atoms with E-state index in [0.717, 1.165) is 77.0 Å². The van der Waals surface area contributed by atoms with Crippen molar-refractivity contribution in [2.45, 2.75) is 199 Å². The smallest absolute Gasteiger partial charge is 0.306 e. The van der Waals surface area contributed by atoms with E-state index < -0.39 is 18.1 Å². The van der Waals surface area contributed by atoms with Gasteiger partial charge in [-0.3, -0.25) is 9.59 Å². The molecule has 0 aromatic heterocycles. The Morgan fingerprint density at radius 3 is 1.57 bits per heavy atom. The first-order chi connectivity index (χ1) is 27.1. The van der Waals surface area contributed by atoms with Crippen molar-refractivity contribution >= 4 is 17.9 Å². The predicted molar refractivity (Wildman–Crippen MR) is 231 cm³/mol. The van der Waals surface area contributed by atoms with Crippen LogP contribution in [0.4, 0.5) is 0 Å². The van der Waals surface area contributed by atoms with E-state index in [1.807, 2.05) is 0 Å². The van der Waals surface area contributed by atoms with Gasteiger partial charge in [0.25, 0.3) is 0 Å². The lowest BCUT2D eigenvalue weighted by atomic mass is 10.1. The molecule has 0 bridgehead atoms. The van der Waals surface area contributed by atoms with Crippen molar-refractivity contribution in [1.82, 2.24) is 0 Å². The largest absolute Gasteiger partial charge is 0.544 e. The van der Waals surface area contributed by atoms with Gasteiger partial charge in [-0.1, -0.05) is 152 Å². The van der Waals surface area contributed by atoms with Crippen LogP contribution >= 0.6 is 0 Å². The molecule has 2 unspecified atom stereocenters. The summed E-state index contributed by atoms with van der Waals surface area (Å²) in [5.41, 5.74) is 0. The second kappa shape index (κ2) is 39.1. The summed E-state index contributed by atoms with van der Waals surface area (Å²) in [5.74, 6) is -1.77. The van der Waals surface area contributed by atoms with Crippen LogP contribution in [0.15, 0.2) is 48.6 Å². The highest BCUT2D eigenvalue weighted by Crippen LogP contribution is 2.14. The molecule has 0 N–H and O–H groups in total. The lowest BCUT2D eigenvalue weighted by Crippen LogP contribution is -2.55. The SMILES string of the molecule is CC/C=C/C/C=C/CCCCCCCCCC(=O)OCC(COCCC(C(=O)[O-])[N+](C)(C)C)OC(=O)CCCCCCC/C=C/C=C/CCCCCCCCC. The Labute approximate surface area is 344 Å². The maximum Gasteiger partial charge on any atom is 0.306 e. The minimum atomic E-state index is -1.13. The Morgan fingerprint density at radius 1 is 0.571 bits per heavy atom. The topological polar surface area (TPSA) is 102 Å². The highest BCUT2D eigenvalue weighted by Gasteiger charge is 2.25. The third kappa shape index (κ3) is 36.9. The average Bonchev–Trinajstić information content (AvgIpc) is 3.15. The van der Waals surface area contributed by atoms with Gasteiger partial charge in [-0.25, -0.2) is 0 Å². The molecule has 0 amide bonds. The lowest BCUT2D eigenvalue weighted by molar-refractivity contribution is -0.889. The minimum Gasteiger partial charge on any atom is -0.544 e. The fourth-order valence-electron chi connectivity index (χ4n) is 6.45. The highest BCUT2D eigenvalue weighted by atomic mass is 16.6. The summed E-state index contributed by atoms with van der Waals surface area (Å²) in [6.45, 7) is 4.53. The number of unbranched alkanes of at least 4 members (excludes halogenated alkanes) is 19. The summed E-state index contributed by atoms with van der Waals surface area (Å²) >= 11 is 0. The number of carbonyl (C=O) groups excluding carboxylic acids is 3. The van der Waals surface area contributed by atoms with Crippen LogP contribution in [0, 0.1) is 0 Å². The number of hydrogen-bond acceptors (Lipinski definition) is 7. The molecule has 0 saturated heterocycles. The summed E-state index contributed by atoms with van der Waals surface area (Å²) in [7, 11) is 5.40. The van der Waals surface area contributed by atoms with E-state index in [1.165, 1.54) is 77.0 Å². The summed E-state index contributed by atoms with van der Waals surface area (Å²) in [6.07, 6.45) is 45.6. The summed E-state index contributed by atoms with van der Waals surface area (Å²) in [4.78, 5) is 36.9. The fourth-order valence-corrected chi connectivity index (χ4v) is 6.45. The standard InChI is InChI=1S/C48H85NO7/c1-6-8-10-12-14-16-18-20-22-23-24-25-27-29-31-33-35-37-39-47(51)56-44(42-54-41-40-45(48(52)53)49(3,4)5)43-55-46(50)38-36-34-32-30-28-26-21-19-17-15-13-11-9-7-2/h9,11,15,17,22-25,44-45H,6-8,10,12-14,16,18-21,26-43H2,1-5H3/b11-9+,17-15+,23-22+,25-24+. The number of ether oxygens (including phenoxy) is 3. The molecule has 0 aliphatic rings. The second-order valence-corrected chi connectivity index (χ2v) is 16.3. The van der Waals surface area contributed by atoms with Crippen LogP contribution in [0.1, 0.15) is 187 Å². The first-order valence-corrected chi connectivity index (χ1v) is 22.7. The molecule has 0 heterocycles. The molecule has 0 radical (unpaired) electrons. The van der Waals surface area contributed by atoms with Gasteiger partial charge >= 0.3 is 11.9 Å². The molecule has 56 heavy (non-hydrogen) atoms. The van der Waals surface area contributed by atoms with E-state index >= 15 is 0 Å². The number of carbonyl (C=O) groups is 3. The Bertz CT molecular complexity index is 1060. The van der Waals surface area contributed by atoms with Gasteiger partial charge in [-0.15, -0.1) is 0 Å². The molecule has 8 nitrogen and oxygen atoms in total. The molecule has 8 heteroatoms. The molecule has 0 rings (SSSR count). The number of nitrogens with zero attached hydrogens (tertiary/aromatic N) is 1. The number of carboxylic acid groups (broad SMARTS) is 1. The van der Waals surface area contributed by atoms with Gasteiger partial charge in [0.05, 0.1) is 40.3 Å². The first-order valence-electron chi connectivity index (χ1n) is 22.7. The Morgan fingerprint density at radius 2 is 1.05 bits per heavy atom. The number of aliphatic carboxylic acids is 1. The molecule has 0 spiro atoms. The Balaban J connectivity index is 4.37. The zero-order chi connectivity index (χ0) is 41.4. The molecule has 2 atom stereocenters. The van der Waals surface area contributed by atoms with Crippen molar-refractivity contribution in [3.8, 4) is 0 Å². The van der Waals surface area contributed by atoms with E-state index in [4.69, 9.17) is 14.2 Å². The number of hydrogen-bond donors (Lipinski definition) is 0. The van der Waals surface area contributed by atoms with Crippen molar-refractivity contribution in [3.63, 3.8) is 0 Å². The van der Waals surface area contributed by atoms with E-state index in [2.05, 4.69) is 62.5 Å². The van der Waals surface area contributed by atoms with Crippen LogP contribution in [-0.4, -0.2) is 75.5 Å². The monoisotopic (exact) mass is 788 g/mol. The van der Waals surface area contributed by atoms with E-state index in [9.17, 15) is 19.5 Å². The van der Waals surface area contributed by atoms with Crippen molar-refractivity contribution < 1.29 is 38.2 Å². The van der Waals surface area contributed by atoms with Crippen molar-refractivity contribution in [2.24, 2.45) is 0 Å². The predicted octanol–water partition coefficient (Wildman–Crippen LogP) is 11.1. The van der Waals surface area contributed by atoms with E-state index in [-0.39, 0.29) is 42.7 Å². The molecule has 0 aromatic carbocycles. The molecule has 0 saturated carbocycles. The van der Waals surface area contributed by atoms with E-state index in [1.54, 1.807) is 21.1 Å². The number of rotatable bonds is 40. The number of likely N-dealkylation sites (N-methyl/N-ethyl adjacent to an activating group) is 1. The van der Waals surface area contributed by atoms with Crippen molar-refractivity contribution in [2.75, 3.05) is 41.0 Å². The van der Waals surface area contributed by atoms with Gasteiger partial charge < -0.3 is 28.6 Å². The van der Waals surface area contributed by atoms with Gasteiger partial charge in [0.15, 0.2) is 6.10 Å². The first kappa shape index (κ1) is 53.3. The van der Waals surface area contributed by atoms with E-state index in [0.29, 0.717) is 12.8 Å². The molecule has 324 valence electrons. The van der Waals surface area contributed by atoms with Crippen LogP contribution in [0.2, 0.25) is 0 Å². The zero-order valence-corrected chi connectivity index (χ0v) is 36.8. The summed E-state index contributed by atoms with van der Waals surface area (Å²) in [5, 5.41) is 11.6. The highest BCUT2D eigenvalue weighted by molar-refractivity contribution is 5.70. The fraction of sp³-hybridized carbons (Fsp3) is 0.771. The van der Waals surface area contributed by atoms with Crippen molar-refractivity contribution in [1.29, 1.82) is 0 Å². The normalized spacial score (nSPS) is 13.4. The second-order valence-electron chi connectivity index (χ2n) is 16.3. The third-order valence-electron chi connectivity index (χ3n) is 9.98. The summed E-state index contributed by atoms with van der Waals surface area (Å²) in [6, 6.07) is -0.730. The van der Waals surface area contributed by atoms with Crippen LogP contribution in [0.3, 0.4) is 0 Å². The van der Waals surface area contributed by atoms with Crippen molar-refractivity contribution in [3.05, 3.63) is 48.6 Å². The molecule has 0 aromatic rings. The average molecular weight is 788 g/mol. The molecular formula is C48H85NO7. The molecular weight excluding hydrogens is 703 g/mol. The van der Waals surface area contributed by atoms with Crippen LogP contribution < -0.4 is 5.11 Å². The maximum atomic E-state index is 12.7. The Hall–Kier alpha value is -2.71. The van der Waals surface area contributed by atoms with Crippen LogP contribution in [-0.2, 0) is 28.6 Å². The van der Waals surface area contributed by atoms with Gasteiger partial charge in [0.2, 0.25) is 0 Å². The minimum absolute atomic E-state index is 0.0312. The number of quaternary nitrogens is 1. The van der Waals surface area contributed by atoms with Gasteiger partial charge in [0, 0.05) is 19.3 Å².